The summed E-state index contributed by atoms with van der Waals surface area (Å²) in [5, 5.41) is 0. The van der Waals surface area contributed by atoms with Crippen molar-refractivity contribution in [1.82, 2.24) is 9.80 Å². The van der Waals surface area contributed by atoms with Crippen LogP contribution in [0.1, 0.15) is 23.2 Å². The fraction of sp³-hybridized carbons (Fsp3) is 0.533. The molecule has 0 radical (unpaired) electrons. The Morgan fingerprint density at radius 1 is 1.40 bits per heavy atom. The van der Waals surface area contributed by atoms with Crippen LogP contribution in [-0.4, -0.2) is 55.7 Å². The number of nitrogens with zero attached hydrogens (tertiary/aromatic N) is 2. The first-order chi connectivity index (χ1) is 9.65. The Balaban J connectivity index is 1.68. The second kappa shape index (κ2) is 5.32. The van der Waals surface area contributed by atoms with E-state index >= 15 is 0 Å². The molecule has 0 saturated carbocycles. The largest absolute Gasteiger partial charge is 0.454 e. The molecule has 1 unspecified atom stereocenters. The lowest BCUT2D eigenvalue weighted by Crippen LogP contribution is -2.39. The van der Waals surface area contributed by atoms with Gasteiger partial charge in [0.1, 0.15) is 0 Å². The van der Waals surface area contributed by atoms with Crippen molar-refractivity contribution in [3.63, 3.8) is 0 Å². The highest BCUT2D eigenvalue weighted by Gasteiger charge is 2.25. The zero-order valence-corrected chi connectivity index (χ0v) is 12.0. The topological polar surface area (TPSA) is 42.0 Å². The first kappa shape index (κ1) is 13.2. The molecule has 5 nitrogen and oxygen atoms in total. The maximum atomic E-state index is 12.4. The van der Waals surface area contributed by atoms with Gasteiger partial charge < -0.3 is 19.3 Å². The number of likely N-dealkylation sites (tertiary alicyclic amines) is 1. The number of hydrogen-bond acceptors (Lipinski definition) is 4. The molecule has 108 valence electrons. The van der Waals surface area contributed by atoms with E-state index in [-0.39, 0.29) is 12.7 Å². The Morgan fingerprint density at radius 3 is 2.95 bits per heavy atom. The molecular formula is C15H20N2O3. The summed E-state index contributed by atoms with van der Waals surface area (Å²) in [6.45, 7) is 2.12. The van der Waals surface area contributed by atoms with Crippen LogP contribution in [0.5, 0.6) is 11.5 Å². The van der Waals surface area contributed by atoms with Gasteiger partial charge >= 0.3 is 0 Å². The van der Waals surface area contributed by atoms with Crippen molar-refractivity contribution in [2.45, 2.75) is 18.9 Å². The molecule has 1 atom stereocenters. The highest BCUT2D eigenvalue weighted by atomic mass is 16.7. The minimum Gasteiger partial charge on any atom is -0.454 e. The first-order valence-electron chi connectivity index (χ1n) is 7.00. The van der Waals surface area contributed by atoms with Crippen molar-refractivity contribution in [3.05, 3.63) is 23.8 Å². The average molecular weight is 276 g/mol. The maximum Gasteiger partial charge on any atom is 0.253 e. The molecule has 2 aliphatic heterocycles. The first-order valence-corrected chi connectivity index (χ1v) is 7.00. The predicted octanol–water partition coefficient (Wildman–Crippen LogP) is 1.58. The van der Waals surface area contributed by atoms with Gasteiger partial charge in [0.25, 0.3) is 5.91 Å². The number of hydrogen-bond donors (Lipinski definition) is 0. The van der Waals surface area contributed by atoms with Crippen LogP contribution in [0, 0.1) is 0 Å². The Hall–Kier alpha value is -1.75. The number of carbonyl (C=O) groups excluding carboxylic acids is 1. The van der Waals surface area contributed by atoms with Crippen LogP contribution in [0.2, 0.25) is 0 Å². The van der Waals surface area contributed by atoms with Gasteiger partial charge in [-0.15, -0.1) is 0 Å². The van der Waals surface area contributed by atoms with E-state index in [1.807, 2.05) is 7.05 Å². The molecule has 1 aromatic carbocycles. The monoisotopic (exact) mass is 276 g/mol. The smallest absolute Gasteiger partial charge is 0.253 e. The molecule has 3 rings (SSSR count). The van der Waals surface area contributed by atoms with Crippen LogP contribution in [0.25, 0.3) is 0 Å². The zero-order valence-electron chi connectivity index (χ0n) is 12.0. The van der Waals surface area contributed by atoms with Gasteiger partial charge in [-0.3, -0.25) is 4.79 Å². The van der Waals surface area contributed by atoms with E-state index in [1.54, 1.807) is 23.1 Å². The van der Waals surface area contributed by atoms with Crippen molar-refractivity contribution in [2.24, 2.45) is 0 Å². The number of amides is 1. The number of likely N-dealkylation sites (N-methyl/N-ethyl adjacent to an activating group) is 2. The van der Waals surface area contributed by atoms with Crippen LogP contribution >= 0.6 is 0 Å². The molecule has 5 heteroatoms. The summed E-state index contributed by atoms with van der Waals surface area (Å²) in [4.78, 5) is 16.6. The minimum absolute atomic E-state index is 0.0311. The Kier molecular flexibility index (Phi) is 3.53. The van der Waals surface area contributed by atoms with Gasteiger partial charge in [0.2, 0.25) is 6.79 Å². The highest BCUT2D eigenvalue weighted by molar-refractivity contribution is 5.94. The third kappa shape index (κ3) is 2.45. The Morgan fingerprint density at radius 2 is 2.20 bits per heavy atom. The van der Waals surface area contributed by atoms with Crippen molar-refractivity contribution in [2.75, 3.05) is 34.0 Å². The highest BCUT2D eigenvalue weighted by Crippen LogP contribution is 2.32. The summed E-state index contributed by atoms with van der Waals surface area (Å²) in [5.41, 5.74) is 0.650. The molecule has 1 aromatic rings. The molecule has 2 heterocycles. The lowest BCUT2D eigenvalue weighted by atomic mass is 10.1. The fourth-order valence-corrected chi connectivity index (χ4v) is 2.86. The summed E-state index contributed by atoms with van der Waals surface area (Å²) < 4.78 is 10.6. The number of carbonyl (C=O) groups is 1. The Bertz CT molecular complexity index is 518. The summed E-state index contributed by atoms with van der Waals surface area (Å²) in [7, 11) is 3.98. The van der Waals surface area contributed by atoms with E-state index in [2.05, 4.69) is 11.9 Å². The third-order valence-corrected chi connectivity index (χ3v) is 4.12. The van der Waals surface area contributed by atoms with Gasteiger partial charge in [0.05, 0.1) is 0 Å². The standard InChI is InChI=1S/C15H20N2O3/c1-16-7-3-4-12(16)9-17(2)15(18)11-5-6-13-14(8-11)20-10-19-13/h5-6,8,12H,3-4,7,9-10H2,1-2H3. The normalized spacial score (nSPS) is 21.2. The summed E-state index contributed by atoms with van der Waals surface area (Å²) in [6, 6.07) is 5.83. The second-order valence-electron chi connectivity index (χ2n) is 5.53. The van der Waals surface area contributed by atoms with E-state index in [9.17, 15) is 4.79 Å². The van der Waals surface area contributed by atoms with Gasteiger partial charge in [0.15, 0.2) is 11.5 Å². The maximum absolute atomic E-state index is 12.4. The molecule has 0 N–H and O–H groups in total. The van der Waals surface area contributed by atoms with Crippen LogP contribution in [0.3, 0.4) is 0 Å². The van der Waals surface area contributed by atoms with Gasteiger partial charge in [-0.1, -0.05) is 0 Å². The quantitative estimate of drug-likeness (QED) is 0.840. The van der Waals surface area contributed by atoms with E-state index < -0.39 is 0 Å². The molecule has 0 spiro atoms. The lowest BCUT2D eigenvalue weighted by Gasteiger charge is -2.26. The summed E-state index contributed by atoms with van der Waals surface area (Å²) in [5.74, 6) is 1.39. The lowest BCUT2D eigenvalue weighted by molar-refractivity contribution is 0.0761. The van der Waals surface area contributed by atoms with Crippen molar-refractivity contribution < 1.29 is 14.3 Å². The van der Waals surface area contributed by atoms with E-state index in [1.165, 1.54) is 6.42 Å². The number of rotatable bonds is 3. The average Bonchev–Trinajstić information content (AvgIpc) is 3.06. The van der Waals surface area contributed by atoms with Crippen LogP contribution < -0.4 is 9.47 Å². The molecular weight excluding hydrogens is 256 g/mol. The molecule has 0 aliphatic carbocycles. The van der Waals surface area contributed by atoms with Gasteiger partial charge in [-0.25, -0.2) is 0 Å². The van der Waals surface area contributed by atoms with Gasteiger partial charge in [0, 0.05) is 25.2 Å². The molecule has 2 aliphatic rings. The molecule has 0 aromatic heterocycles. The Labute approximate surface area is 119 Å². The molecule has 1 saturated heterocycles. The van der Waals surface area contributed by atoms with Crippen LogP contribution in [0.4, 0.5) is 0 Å². The van der Waals surface area contributed by atoms with E-state index in [4.69, 9.17) is 9.47 Å². The van der Waals surface area contributed by atoms with Gasteiger partial charge in [-0.05, 0) is 44.6 Å². The zero-order chi connectivity index (χ0) is 14.1. The molecule has 1 fully saturated rings. The molecule has 20 heavy (non-hydrogen) atoms. The fourth-order valence-electron chi connectivity index (χ4n) is 2.86. The number of ether oxygens (including phenoxy) is 2. The van der Waals surface area contributed by atoms with E-state index in [0.29, 0.717) is 23.1 Å². The molecule has 1 amide bonds. The number of fused-ring (bicyclic) bond motifs is 1. The van der Waals surface area contributed by atoms with Crippen LogP contribution in [-0.2, 0) is 0 Å². The van der Waals surface area contributed by atoms with Crippen LogP contribution in [0.15, 0.2) is 18.2 Å². The predicted molar refractivity (Wildman–Crippen MR) is 75.2 cm³/mol. The van der Waals surface area contributed by atoms with Crippen molar-refractivity contribution >= 4 is 5.91 Å². The SMILES string of the molecule is CN(CC1CCCN1C)C(=O)c1ccc2c(c1)OCO2. The van der Waals surface area contributed by atoms with Gasteiger partial charge in [-0.2, -0.15) is 0 Å². The van der Waals surface area contributed by atoms with Crippen molar-refractivity contribution in [3.8, 4) is 11.5 Å². The second-order valence-corrected chi connectivity index (χ2v) is 5.53. The molecule has 0 bridgehead atoms. The van der Waals surface area contributed by atoms with E-state index in [0.717, 1.165) is 19.5 Å². The third-order valence-electron chi connectivity index (χ3n) is 4.12. The number of benzene rings is 1. The summed E-state index contributed by atoms with van der Waals surface area (Å²) >= 11 is 0. The summed E-state index contributed by atoms with van der Waals surface area (Å²) in [6.07, 6.45) is 2.38. The minimum atomic E-state index is 0.0311. The van der Waals surface area contributed by atoms with Crippen molar-refractivity contribution in [1.29, 1.82) is 0 Å².